The molecule has 2 rings (SSSR count). The van der Waals surface area contributed by atoms with Crippen LogP contribution in [-0.4, -0.2) is 29.7 Å². The van der Waals surface area contributed by atoms with Crippen LogP contribution in [0.3, 0.4) is 0 Å². The van der Waals surface area contributed by atoms with Gasteiger partial charge in [0, 0.05) is 10.6 Å². The predicted molar refractivity (Wildman–Crippen MR) is 81.1 cm³/mol. The number of aliphatic hydroxyl groups excluding tert-OH is 1. The molecule has 0 unspecified atom stereocenters. The van der Waals surface area contributed by atoms with Gasteiger partial charge in [0.05, 0.1) is 24.4 Å². The molecule has 1 saturated carbocycles. The van der Waals surface area contributed by atoms with E-state index >= 15 is 0 Å². The van der Waals surface area contributed by atoms with E-state index in [2.05, 4.69) is 10.6 Å². The number of nitrogens with one attached hydrogen (secondary N) is 2. The molecule has 0 atom stereocenters. The van der Waals surface area contributed by atoms with E-state index in [0.29, 0.717) is 16.3 Å². The summed E-state index contributed by atoms with van der Waals surface area (Å²) in [5.41, 5.74) is 0.427. The zero-order valence-electron chi connectivity index (χ0n) is 11.7. The fourth-order valence-corrected chi connectivity index (χ4v) is 2.79. The first-order valence-corrected chi connectivity index (χ1v) is 7.32. The van der Waals surface area contributed by atoms with Crippen molar-refractivity contribution in [2.24, 2.45) is 0 Å². The predicted octanol–water partition coefficient (Wildman–Crippen LogP) is 2.04. The Morgan fingerprint density at radius 1 is 1.43 bits per heavy atom. The molecule has 1 aliphatic carbocycles. The van der Waals surface area contributed by atoms with Crippen LogP contribution < -0.4 is 10.6 Å². The molecular weight excluding hydrogens is 290 g/mol. The molecule has 21 heavy (non-hydrogen) atoms. The van der Waals surface area contributed by atoms with Gasteiger partial charge < -0.3 is 15.7 Å². The number of carbonyl (C=O) groups excluding carboxylic acids is 1. The number of hydrogen-bond donors (Lipinski definition) is 3. The van der Waals surface area contributed by atoms with Crippen LogP contribution in [0.2, 0.25) is 5.02 Å². The fraction of sp³-hybridized carbons (Fsp3) is 0.467. The number of rotatable bonds is 5. The minimum absolute atomic E-state index is 0.0287. The first kappa shape index (κ1) is 15.8. The standard InChI is InChI=1S/C15H18ClN3O2/c16-12-4-3-11(8-17)13(7-12)19-14(21)9-18-15(10-20)5-1-2-6-15/h3-4,7,18,20H,1-2,5-6,9-10H2,(H,19,21). The molecule has 6 heteroatoms. The van der Waals surface area contributed by atoms with Gasteiger partial charge >= 0.3 is 0 Å². The van der Waals surface area contributed by atoms with Gasteiger partial charge in [-0.05, 0) is 31.0 Å². The number of benzene rings is 1. The van der Waals surface area contributed by atoms with Crippen molar-refractivity contribution in [2.75, 3.05) is 18.5 Å². The van der Waals surface area contributed by atoms with Crippen LogP contribution in [0.1, 0.15) is 31.2 Å². The van der Waals surface area contributed by atoms with Gasteiger partial charge in [0.15, 0.2) is 0 Å². The highest BCUT2D eigenvalue weighted by Gasteiger charge is 2.32. The van der Waals surface area contributed by atoms with Crippen molar-refractivity contribution >= 4 is 23.2 Å². The summed E-state index contributed by atoms with van der Waals surface area (Å²) in [7, 11) is 0. The quantitative estimate of drug-likeness (QED) is 0.777. The van der Waals surface area contributed by atoms with Gasteiger partial charge in [-0.3, -0.25) is 4.79 Å². The lowest BCUT2D eigenvalue weighted by atomic mass is 9.99. The van der Waals surface area contributed by atoms with Crippen LogP contribution in [0.5, 0.6) is 0 Å². The normalized spacial score (nSPS) is 16.4. The lowest BCUT2D eigenvalue weighted by Crippen LogP contribution is -2.49. The van der Waals surface area contributed by atoms with E-state index in [0.717, 1.165) is 25.7 Å². The Labute approximate surface area is 128 Å². The van der Waals surface area contributed by atoms with Crippen molar-refractivity contribution in [1.29, 1.82) is 5.26 Å². The second kappa shape index (κ2) is 6.90. The molecule has 1 amide bonds. The number of nitriles is 1. The van der Waals surface area contributed by atoms with E-state index in [1.807, 2.05) is 6.07 Å². The summed E-state index contributed by atoms with van der Waals surface area (Å²) in [5.74, 6) is -0.256. The smallest absolute Gasteiger partial charge is 0.238 e. The molecular formula is C15H18ClN3O2. The second-order valence-corrected chi connectivity index (χ2v) is 5.79. The Hall–Kier alpha value is -1.61. The number of amides is 1. The Balaban J connectivity index is 1.96. The van der Waals surface area contributed by atoms with Gasteiger partial charge in [0.1, 0.15) is 6.07 Å². The Morgan fingerprint density at radius 3 is 2.76 bits per heavy atom. The molecule has 0 bridgehead atoms. The van der Waals surface area contributed by atoms with E-state index in [4.69, 9.17) is 16.9 Å². The second-order valence-electron chi connectivity index (χ2n) is 5.35. The average Bonchev–Trinajstić information content (AvgIpc) is 2.95. The monoisotopic (exact) mass is 307 g/mol. The summed E-state index contributed by atoms with van der Waals surface area (Å²) < 4.78 is 0. The number of halogens is 1. The van der Waals surface area contributed by atoms with Gasteiger partial charge in [-0.2, -0.15) is 5.26 Å². The first-order valence-electron chi connectivity index (χ1n) is 6.94. The maximum Gasteiger partial charge on any atom is 0.238 e. The molecule has 0 radical (unpaired) electrons. The minimum atomic E-state index is -0.344. The topological polar surface area (TPSA) is 85.2 Å². The van der Waals surface area contributed by atoms with Gasteiger partial charge in [0.2, 0.25) is 5.91 Å². The average molecular weight is 308 g/mol. The zero-order valence-corrected chi connectivity index (χ0v) is 12.4. The SMILES string of the molecule is N#Cc1ccc(Cl)cc1NC(=O)CNC1(CO)CCCC1. The maximum atomic E-state index is 12.0. The van der Waals surface area contributed by atoms with Crippen LogP contribution in [0.25, 0.3) is 0 Å². The summed E-state index contributed by atoms with van der Waals surface area (Å²) in [6, 6.07) is 6.73. The zero-order chi connectivity index (χ0) is 15.3. The van der Waals surface area contributed by atoms with E-state index < -0.39 is 0 Å². The van der Waals surface area contributed by atoms with Crippen molar-refractivity contribution in [3.63, 3.8) is 0 Å². The lowest BCUT2D eigenvalue weighted by Gasteiger charge is -2.27. The number of aliphatic hydroxyl groups is 1. The Bertz CT molecular complexity index is 563. The van der Waals surface area contributed by atoms with Crippen LogP contribution >= 0.6 is 11.6 Å². The number of carbonyl (C=O) groups is 1. The van der Waals surface area contributed by atoms with Crippen molar-refractivity contribution in [2.45, 2.75) is 31.2 Å². The molecule has 0 saturated heterocycles. The van der Waals surface area contributed by atoms with Crippen LogP contribution in [0, 0.1) is 11.3 Å². The molecule has 1 aromatic carbocycles. The number of anilines is 1. The molecule has 1 aliphatic rings. The number of hydrogen-bond acceptors (Lipinski definition) is 4. The summed E-state index contributed by atoms with van der Waals surface area (Å²) in [6.45, 7) is 0.124. The third-order valence-electron chi connectivity index (χ3n) is 3.86. The molecule has 0 heterocycles. The van der Waals surface area contributed by atoms with Gasteiger partial charge in [-0.25, -0.2) is 0 Å². The minimum Gasteiger partial charge on any atom is -0.394 e. The first-order chi connectivity index (χ1) is 10.1. The summed E-state index contributed by atoms with van der Waals surface area (Å²) in [5, 5.41) is 24.8. The third kappa shape index (κ3) is 3.94. The third-order valence-corrected chi connectivity index (χ3v) is 4.10. The van der Waals surface area contributed by atoms with Crippen molar-refractivity contribution < 1.29 is 9.90 Å². The van der Waals surface area contributed by atoms with E-state index in [9.17, 15) is 9.90 Å². The molecule has 1 fully saturated rings. The van der Waals surface area contributed by atoms with Crippen molar-refractivity contribution in [3.05, 3.63) is 28.8 Å². The summed E-state index contributed by atoms with van der Waals surface area (Å²) >= 11 is 5.87. The van der Waals surface area contributed by atoms with Crippen LogP contribution in [0.15, 0.2) is 18.2 Å². The van der Waals surface area contributed by atoms with E-state index in [-0.39, 0.29) is 24.6 Å². The highest BCUT2D eigenvalue weighted by molar-refractivity contribution is 6.31. The van der Waals surface area contributed by atoms with Crippen molar-refractivity contribution in [3.8, 4) is 6.07 Å². The van der Waals surface area contributed by atoms with Crippen LogP contribution in [-0.2, 0) is 4.79 Å². The van der Waals surface area contributed by atoms with Crippen molar-refractivity contribution in [1.82, 2.24) is 5.32 Å². The molecule has 3 N–H and O–H groups in total. The maximum absolute atomic E-state index is 12.0. The molecule has 5 nitrogen and oxygen atoms in total. The highest BCUT2D eigenvalue weighted by atomic mass is 35.5. The Morgan fingerprint density at radius 2 is 2.14 bits per heavy atom. The van der Waals surface area contributed by atoms with Gasteiger partial charge in [0.25, 0.3) is 0 Å². The molecule has 0 spiro atoms. The van der Waals surface area contributed by atoms with Crippen LogP contribution in [0.4, 0.5) is 5.69 Å². The molecule has 112 valence electrons. The molecule has 0 aliphatic heterocycles. The highest BCUT2D eigenvalue weighted by Crippen LogP contribution is 2.29. The van der Waals surface area contributed by atoms with E-state index in [1.165, 1.54) is 0 Å². The lowest BCUT2D eigenvalue weighted by molar-refractivity contribution is -0.115. The van der Waals surface area contributed by atoms with Gasteiger partial charge in [-0.1, -0.05) is 24.4 Å². The molecule has 0 aromatic heterocycles. The summed E-state index contributed by atoms with van der Waals surface area (Å²) in [4.78, 5) is 12.0. The largest absolute Gasteiger partial charge is 0.394 e. The Kier molecular flexibility index (Phi) is 5.18. The fourth-order valence-electron chi connectivity index (χ4n) is 2.62. The van der Waals surface area contributed by atoms with Gasteiger partial charge in [-0.15, -0.1) is 0 Å². The van der Waals surface area contributed by atoms with E-state index in [1.54, 1.807) is 18.2 Å². The summed E-state index contributed by atoms with van der Waals surface area (Å²) in [6.07, 6.45) is 3.86. The molecule has 1 aromatic rings. The number of nitrogens with zero attached hydrogens (tertiary/aromatic N) is 1.